The summed E-state index contributed by atoms with van der Waals surface area (Å²) in [6, 6.07) is 19.5. The van der Waals surface area contributed by atoms with E-state index in [-0.39, 0.29) is 12.4 Å². The summed E-state index contributed by atoms with van der Waals surface area (Å²) in [7, 11) is 0. The van der Waals surface area contributed by atoms with Gasteiger partial charge in [-0.2, -0.15) is 5.10 Å². The molecule has 0 atom stereocenters. The fourth-order valence-electron chi connectivity index (χ4n) is 2.58. The van der Waals surface area contributed by atoms with E-state index in [1.54, 1.807) is 42.5 Å². The van der Waals surface area contributed by atoms with Crippen LogP contribution >= 0.6 is 31.9 Å². The Morgan fingerprint density at radius 2 is 1.74 bits per heavy atom. The molecule has 0 aliphatic heterocycles. The van der Waals surface area contributed by atoms with Crippen LogP contribution in [0.4, 0.5) is 0 Å². The summed E-state index contributed by atoms with van der Waals surface area (Å²) in [4.78, 5) is 24.5. The monoisotopic (exact) mass is 544 g/mol. The van der Waals surface area contributed by atoms with Crippen LogP contribution in [0, 0.1) is 6.92 Å². The van der Waals surface area contributed by atoms with Gasteiger partial charge in [0.1, 0.15) is 5.75 Å². The summed E-state index contributed by atoms with van der Waals surface area (Å²) in [5.74, 6) is -0.00999. The van der Waals surface area contributed by atoms with E-state index in [2.05, 4.69) is 42.4 Å². The molecule has 0 saturated heterocycles. The number of para-hydroxylation sites is 1. The van der Waals surface area contributed by atoms with E-state index in [0.717, 1.165) is 10.0 Å². The molecule has 31 heavy (non-hydrogen) atoms. The molecule has 3 aromatic carbocycles. The SMILES string of the molecule is Cc1ccccc1OCC(=O)N/N=C\c1cc(Br)cc(Br)c1OC(=O)c1ccccc1. The number of carbonyl (C=O) groups is 2. The molecule has 3 aromatic rings. The lowest BCUT2D eigenvalue weighted by atomic mass is 10.2. The quantitative estimate of drug-likeness (QED) is 0.190. The third-order valence-corrected chi connectivity index (χ3v) is 5.13. The van der Waals surface area contributed by atoms with E-state index in [9.17, 15) is 9.59 Å². The molecule has 0 bridgehead atoms. The van der Waals surface area contributed by atoms with Crippen molar-refractivity contribution in [2.75, 3.05) is 6.61 Å². The Balaban J connectivity index is 1.67. The number of nitrogens with zero attached hydrogens (tertiary/aromatic N) is 1. The molecule has 1 N–H and O–H groups in total. The van der Waals surface area contributed by atoms with Gasteiger partial charge in [-0.25, -0.2) is 10.2 Å². The van der Waals surface area contributed by atoms with Crippen LogP contribution in [-0.4, -0.2) is 24.7 Å². The lowest BCUT2D eigenvalue weighted by molar-refractivity contribution is -0.123. The van der Waals surface area contributed by atoms with Gasteiger partial charge in [-0.1, -0.05) is 52.3 Å². The van der Waals surface area contributed by atoms with E-state index >= 15 is 0 Å². The van der Waals surface area contributed by atoms with Gasteiger partial charge in [0.15, 0.2) is 12.4 Å². The first kappa shape index (κ1) is 22.7. The molecule has 0 saturated carbocycles. The number of carbonyl (C=O) groups excluding carboxylic acids is 2. The number of hydrazone groups is 1. The summed E-state index contributed by atoms with van der Waals surface area (Å²) in [5, 5.41) is 3.96. The third kappa shape index (κ3) is 6.50. The Morgan fingerprint density at radius 1 is 1.03 bits per heavy atom. The number of benzene rings is 3. The smallest absolute Gasteiger partial charge is 0.343 e. The lowest BCUT2D eigenvalue weighted by Crippen LogP contribution is -2.24. The number of hydrogen-bond donors (Lipinski definition) is 1. The fourth-order valence-corrected chi connectivity index (χ4v) is 3.92. The topological polar surface area (TPSA) is 77.0 Å². The van der Waals surface area contributed by atoms with Crippen LogP contribution in [0.3, 0.4) is 0 Å². The van der Waals surface area contributed by atoms with Gasteiger partial charge in [-0.15, -0.1) is 0 Å². The van der Waals surface area contributed by atoms with Crippen LogP contribution in [0.2, 0.25) is 0 Å². The minimum absolute atomic E-state index is 0.180. The maximum atomic E-state index is 12.4. The maximum absolute atomic E-state index is 12.4. The molecule has 0 spiro atoms. The summed E-state index contributed by atoms with van der Waals surface area (Å²) in [6.45, 7) is 1.72. The Hall–Kier alpha value is -2.97. The van der Waals surface area contributed by atoms with Crippen LogP contribution in [0.25, 0.3) is 0 Å². The van der Waals surface area contributed by atoms with Crippen LogP contribution in [0.1, 0.15) is 21.5 Å². The van der Waals surface area contributed by atoms with E-state index < -0.39 is 11.9 Å². The number of amides is 1. The molecule has 158 valence electrons. The van der Waals surface area contributed by atoms with Crippen LogP contribution in [0.15, 0.2) is 80.8 Å². The maximum Gasteiger partial charge on any atom is 0.343 e. The van der Waals surface area contributed by atoms with E-state index in [1.165, 1.54) is 6.21 Å². The first-order valence-corrected chi connectivity index (χ1v) is 10.8. The van der Waals surface area contributed by atoms with Crippen LogP contribution < -0.4 is 14.9 Å². The van der Waals surface area contributed by atoms with Crippen molar-refractivity contribution in [1.29, 1.82) is 0 Å². The lowest BCUT2D eigenvalue weighted by Gasteiger charge is -2.11. The molecule has 0 aliphatic carbocycles. The highest BCUT2D eigenvalue weighted by atomic mass is 79.9. The normalized spacial score (nSPS) is 10.7. The molecule has 0 aromatic heterocycles. The molecule has 8 heteroatoms. The van der Waals surface area contributed by atoms with Crippen molar-refractivity contribution < 1.29 is 19.1 Å². The van der Waals surface area contributed by atoms with Crippen molar-refractivity contribution in [2.45, 2.75) is 6.92 Å². The van der Waals surface area contributed by atoms with Gasteiger partial charge in [-0.05, 0) is 58.7 Å². The van der Waals surface area contributed by atoms with Crippen molar-refractivity contribution in [3.05, 3.63) is 92.4 Å². The largest absolute Gasteiger partial charge is 0.483 e. The minimum Gasteiger partial charge on any atom is -0.483 e. The van der Waals surface area contributed by atoms with Crippen molar-refractivity contribution in [1.82, 2.24) is 5.43 Å². The van der Waals surface area contributed by atoms with E-state index in [4.69, 9.17) is 9.47 Å². The summed E-state index contributed by atoms with van der Waals surface area (Å²) < 4.78 is 12.4. The van der Waals surface area contributed by atoms with Crippen molar-refractivity contribution >= 4 is 50.0 Å². The van der Waals surface area contributed by atoms with Crippen LogP contribution in [0.5, 0.6) is 11.5 Å². The van der Waals surface area contributed by atoms with Gasteiger partial charge in [0, 0.05) is 10.0 Å². The average Bonchev–Trinajstić information content (AvgIpc) is 2.76. The number of halogens is 2. The Morgan fingerprint density at radius 3 is 2.48 bits per heavy atom. The first-order chi connectivity index (χ1) is 14.9. The molecule has 6 nitrogen and oxygen atoms in total. The molecule has 0 heterocycles. The number of rotatable bonds is 7. The van der Waals surface area contributed by atoms with Crippen molar-refractivity contribution in [3.63, 3.8) is 0 Å². The molecule has 0 unspecified atom stereocenters. The zero-order valence-corrected chi connectivity index (χ0v) is 19.6. The number of nitrogens with one attached hydrogen (secondary N) is 1. The predicted octanol–water partition coefficient (Wildman–Crippen LogP) is 5.27. The summed E-state index contributed by atoms with van der Waals surface area (Å²) in [5.41, 5.74) is 4.25. The van der Waals surface area contributed by atoms with Gasteiger partial charge < -0.3 is 9.47 Å². The Bertz CT molecular complexity index is 1120. The van der Waals surface area contributed by atoms with Gasteiger partial charge in [0.25, 0.3) is 5.91 Å². The van der Waals surface area contributed by atoms with Gasteiger partial charge >= 0.3 is 5.97 Å². The first-order valence-electron chi connectivity index (χ1n) is 9.20. The standard InChI is InChI=1S/C23H18Br2N2O4/c1-15-7-5-6-10-20(15)30-14-21(28)27-26-13-17-11-18(24)12-19(25)22(17)31-23(29)16-8-3-2-4-9-16/h2-13H,14H2,1H3,(H,27,28)/b26-13-. The number of hydrogen-bond acceptors (Lipinski definition) is 5. The molecular weight excluding hydrogens is 528 g/mol. The minimum atomic E-state index is -0.506. The van der Waals surface area contributed by atoms with E-state index in [0.29, 0.717) is 21.3 Å². The van der Waals surface area contributed by atoms with E-state index in [1.807, 2.05) is 31.2 Å². The number of aryl methyl sites for hydroxylation is 1. The summed E-state index contributed by atoms with van der Waals surface area (Å²) in [6.07, 6.45) is 1.40. The Labute approximate surface area is 196 Å². The Kier molecular flexibility index (Phi) is 7.97. The predicted molar refractivity (Wildman–Crippen MR) is 126 cm³/mol. The van der Waals surface area contributed by atoms with Crippen LogP contribution in [-0.2, 0) is 4.79 Å². The molecule has 1 amide bonds. The highest BCUT2D eigenvalue weighted by Gasteiger charge is 2.15. The molecular formula is C23H18Br2N2O4. The molecule has 0 radical (unpaired) electrons. The van der Waals surface area contributed by atoms with Gasteiger partial charge in [0.05, 0.1) is 16.3 Å². The zero-order valence-electron chi connectivity index (χ0n) is 16.5. The van der Waals surface area contributed by atoms with Crippen molar-refractivity contribution in [2.24, 2.45) is 5.10 Å². The number of esters is 1. The highest BCUT2D eigenvalue weighted by molar-refractivity contribution is 9.11. The highest BCUT2D eigenvalue weighted by Crippen LogP contribution is 2.32. The average molecular weight is 546 g/mol. The molecule has 0 aliphatic rings. The molecule has 3 rings (SSSR count). The van der Waals surface area contributed by atoms with Gasteiger partial charge in [-0.3, -0.25) is 4.79 Å². The third-order valence-electron chi connectivity index (χ3n) is 4.09. The second kappa shape index (κ2) is 10.9. The zero-order chi connectivity index (χ0) is 22.2. The van der Waals surface area contributed by atoms with Crippen molar-refractivity contribution in [3.8, 4) is 11.5 Å². The van der Waals surface area contributed by atoms with Gasteiger partial charge in [0.2, 0.25) is 0 Å². The second-order valence-corrected chi connectivity index (χ2v) is 8.18. The number of ether oxygens (including phenoxy) is 2. The molecule has 0 fully saturated rings. The second-order valence-electron chi connectivity index (χ2n) is 6.41. The summed E-state index contributed by atoms with van der Waals surface area (Å²) >= 11 is 6.80. The fraction of sp³-hybridized carbons (Fsp3) is 0.0870.